The fraction of sp³-hybridized carbons (Fsp3) is 0.600. The fourth-order valence-corrected chi connectivity index (χ4v) is 6.87. The lowest BCUT2D eigenvalue weighted by Crippen LogP contribution is -2.54. The van der Waals surface area contributed by atoms with Crippen LogP contribution in [0.1, 0.15) is 87.8 Å². The Morgan fingerprint density at radius 1 is 0.978 bits per heavy atom. The van der Waals surface area contributed by atoms with Crippen molar-refractivity contribution in [3.8, 4) is 11.3 Å². The summed E-state index contributed by atoms with van der Waals surface area (Å²) in [6, 6.07) is 3.66. The molecule has 3 rings (SSSR count). The van der Waals surface area contributed by atoms with Gasteiger partial charge in [-0.25, -0.2) is 8.42 Å². The van der Waals surface area contributed by atoms with Crippen molar-refractivity contribution in [2.75, 3.05) is 6.54 Å². The van der Waals surface area contributed by atoms with E-state index in [4.69, 9.17) is 0 Å². The molecule has 0 aliphatic heterocycles. The van der Waals surface area contributed by atoms with Crippen molar-refractivity contribution < 1.29 is 49.5 Å². The summed E-state index contributed by atoms with van der Waals surface area (Å²) >= 11 is 0. The van der Waals surface area contributed by atoms with E-state index in [1.807, 2.05) is 0 Å². The maximum absolute atomic E-state index is 14.3. The predicted octanol–water partition coefficient (Wildman–Crippen LogP) is 6.91. The molecular formula is C30H39F6N3O5S. The molecule has 1 aromatic heterocycles. The zero-order valence-corrected chi connectivity index (χ0v) is 26.6. The number of halogens is 6. The van der Waals surface area contributed by atoms with E-state index in [1.165, 1.54) is 24.6 Å². The summed E-state index contributed by atoms with van der Waals surface area (Å²) in [6.07, 6.45) is -5.49. The molecule has 0 saturated heterocycles. The molecule has 3 N–H and O–H groups in total. The van der Waals surface area contributed by atoms with Crippen molar-refractivity contribution in [1.29, 1.82) is 0 Å². The lowest BCUT2D eigenvalue weighted by Gasteiger charge is -2.29. The highest BCUT2D eigenvalue weighted by Crippen LogP contribution is 2.40. The maximum Gasteiger partial charge on any atom is 0.417 e. The molecule has 0 unspecified atom stereocenters. The Morgan fingerprint density at radius 3 is 2.11 bits per heavy atom. The number of alkyl halides is 6. The van der Waals surface area contributed by atoms with Gasteiger partial charge in [-0.15, -0.1) is 0 Å². The maximum atomic E-state index is 14.3. The van der Waals surface area contributed by atoms with E-state index in [2.05, 4.69) is 5.32 Å². The van der Waals surface area contributed by atoms with Crippen molar-refractivity contribution in [3.05, 3.63) is 41.1 Å². The van der Waals surface area contributed by atoms with Crippen LogP contribution in [0.2, 0.25) is 0 Å². The fourth-order valence-electron chi connectivity index (χ4n) is 5.26. The Balaban J connectivity index is 2.10. The zero-order chi connectivity index (χ0) is 34.2. The smallest absolute Gasteiger partial charge is 0.417 e. The highest BCUT2D eigenvalue weighted by molar-refractivity contribution is 7.89. The summed E-state index contributed by atoms with van der Waals surface area (Å²) in [4.78, 5) is 23.3. The second-order valence-electron chi connectivity index (χ2n) is 12.8. The zero-order valence-electron chi connectivity index (χ0n) is 25.7. The Labute approximate surface area is 258 Å². The lowest BCUT2D eigenvalue weighted by atomic mass is 9.89. The molecule has 252 valence electrons. The molecule has 1 aliphatic carbocycles. The van der Waals surface area contributed by atoms with Gasteiger partial charge in [0.05, 0.1) is 21.4 Å². The highest BCUT2D eigenvalue weighted by Gasteiger charge is 2.51. The standard InChI is InChI=1S/C30H39F6N3O5S/c1-18-21(25(40)37-14-13-27(2,3)26(41)42)16-23(39(18)17-19-9-7-6-8-10-19)20-11-12-24(22(15-20)29(31,32)33)45(43,44)38-28(4,5)30(34,35)36/h11-12,15-16,19,38H,6-10,13-14,17H2,1-5H3,(H,37,40)(H,41,42). The van der Waals surface area contributed by atoms with Crippen LogP contribution in [0.3, 0.4) is 0 Å². The first kappa shape index (κ1) is 36.4. The third-order valence-corrected chi connectivity index (χ3v) is 10.1. The van der Waals surface area contributed by atoms with Crippen LogP contribution in [-0.4, -0.2) is 48.2 Å². The number of rotatable bonds is 11. The molecule has 0 bridgehead atoms. The van der Waals surface area contributed by atoms with Crippen molar-refractivity contribution in [3.63, 3.8) is 0 Å². The van der Waals surface area contributed by atoms with Gasteiger partial charge < -0.3 is 15.0 Å². The number of carbonyl (C=O) groups is 2. The number of amides is 1. The van der Waals surface area contributed by atoms with Crippen LogP contribution in [0.15, 0.2) is 29.2 Å². The molecular weight excluding hydrogens is 628 g/mol. The number of hydrogen-bond donors (Lipinski definition) is 3. The van der Waals surface area contributed by atoms with E-state index in [-0.39, 0.29) is 35.7 Å². The van der Waals surface area contributed by atoms with Crippen LogP contribution < -0.4 is 10.0 Å². The number of nitrogens with zero attached hydrogens (tertiary/aromatic N) is 1. The van der Waals surface area contributed by atoms with Crippen LogP contribution in [0, 0.1) is 18.3 Å². The quantitative estimate of drug-likeness (QED) is 0.225. The van der Waals surface area contributed by atoms with Gasteiger partial charge in [0.15, 0.2) is 0 Å². The topological polar surface area (TPSA) is 118 Å². The lowest BCUT2D eigenvalue weighted by molar-refractivity contribution is -0.180. The van der Waals surface area contributed by atoms with Crippen LogP contribution >= 0.6 is 0 Å². The van der Waals surface area contributed by atoms with E-state index < -0.39 is 55.7 Å². The molecule has 0 spiro atoms. The number of carboxylic acids is 1. The monoisotopic (exact) mass is 667 g/mol. The third-order valence-electron chi connectivity index (χ3n) is 8.36. The predicted molar refractivity (Wildman–Crippen MR) is 155 cm³/mol. The van der Waals surface area contributed by atoms with Crippen LogP contribution in [-0.2, 0) is 27.5 Å². The number of hydrogen-bond acceptors (Lipinski definition) is 4. The minimum absolute atomic E-state index is 0.0206. The molecule has 0 atom stereocenters. The number of sulfonamides is 1. The number of aromatic nitrogens is 1. The van der Waals surface area contributed by atoms with Gasteiger partial charge in [0.2, 0.25) is 10.0 Å². The van der Waals surface area contributed by atoms with E-state index in [9.17, 15) is 49.5 Å². The van der Waals surface area contributed by atoms with Crippen molar-refractivity contribution in [2.24, 2.45) is 11.3 Å². The van der Waals surface area contributed by atoms with Gasteiger partial charge in [-0.3, -0.25) is 9.59 Å². The minimum Gasteiger partial charge on any atom is -0.481 e. The number of aliphatic carboxylic acids is 1. The van der Waals surface area contributed by atoms with Gasteiger partial charge in [-0.2, -0.15) is 31.1 Å². The summed E-state index contributed by atoms with van der Waals surface area (Å²) in [5.41, 5.74) is -5.11. The van der Waals surface area contributed by atoms with Crippen molar-refractivity contribution in [2.45, 2.75) is 102 Å². The van der Waals surface area contributed by atoms with E-state index in [0.29, 0.717) is 38.2 Å². The van der Waals surface area contributed by atoms with E-state index in [0.717, 1.165) is 38.2 Å². The molecule has 1 amide bonds. The molecule has 15 heteroatoms. The van der Waals surface area contributed by atoms with Gasteiger partial charge in [0, 0.05) is 24.5 Å². The first-order valence-electron chi connectivity index (χ1n) is 14.5. The van der Waals surface area contributed by atoms with E-state index >= 15 is 0 Å². The SMILES string of the molecule is Cc1c(C(=O)NCCC(C)(C)C(=O)O)cc(-c2ccc(S(=O)(=O)NC(C)(C)C(F)(F)F)c(C(F)(F)F)c2)n1CC1CCCCC1. The van der Waals surface area contributed by atoms with Crippen LogP contribution in [0.5, 0.6) is 0 Å². The Kier molecular flexibility index (Phi) is 10.5. The summed E-state index contributed by atoms with van der Waals surface area (Å²) < 4.78 is 112. The van der Waals surface area contributed by atoms with Gasteiger partial charge >= 0.3 is 18.3 Å². The molecule has 1 saturated carbocycles. The highest BCUT2D eigenvalue weighted by atomic mass is 32.2. The first-order valence-corrected chi connectivity index (χ1v) is 16.0. The minimum atomic E-state index is -5.29. The summed E-state index contributed by atoms with van der Waals surface area (Å²) in [6.45, 7) is 6.05. The molecule has 1 heterocycles. The average Bonchev–Trinajstić information content (AvgIpc) is 3.22. The summed E-state index contributed by atoms with van der Waals surface area (Å²) in [5, 5.41) is 12.0. The Hall–Kier alpha value is -3.07. The van der Waals surface area contributed by atoms with E-state index in [1.54, 1.807) is 11.5 Å². The van der Waals surface area contributed by atoms with Crippen molar-refractivity contribution >= 4 is 21.9 Å². The normalized spacial score (nSPS) is 15.7. The number of carbonyl (C=O) groups excluding carboxylic acids is 1. The summed E-state index contributed by atoms with van der Waals surface area (Å²) in [5.74, 6) is -1.44. The number of carboxylic acid groups (broad SMARTS) is 1. The number of nitrogens with one attached hydrogen (secondary N) is 2. The van der Waals surface area contributed by atoms with Gasteiger partial charge in [0.25, 0.3) is 5.91 Å². The molecule has 45 heavy (non-hydrogen) atoms. The molecule has 1 aromatic carbocycles. The Bertz CT molecular complexity index is 1520. The summed E-state index contributed by atoms with van der Waals surface area (Å²) in [7, 11) is -5.29. The Morgan fingerprint density at radius 2 is 1.58 bits per heavy atom. The second-order valence-corrected chi connectivity index (χ2v) is 14.4. The molecule has 1 aliphatic rings. The van der Waals surface area contributed by atoms with Crippen molar-refractivity contribution in [1.82, 2.24) is 14.6 Å². The largest absolute Gasteiger partial charge is 0.481 e. The molecule has 1 fully saturated rings. The van der Waals surface area contributed by atoms with Gasteiger partial charge in [-0.05, 0) is 83.6 Å². The first-order chi connectivity index (χ1) is 20.5. The average molecular weight is 668 g/mol. The van der Waals surface area contributed by atoms with Crippen LogP contribution in [0.25, 0.3) is 11.3 Å². The van der Waals surface area contributed by atoms with Crippen LogP contribution in [0.4, 0.5) is 26.3 Å². The molecule has 2 aromatic rings. The number of benzene rings is 1. The van der Waals surface area contributed by atoms with Gasteiger partial charge in [0.1, 0.15) is 5.54 Å². The molecule has 0 radical (unpaired) electrons. The molecule has 8 nitrogen and oxygen atoms in total. The van der Waals surface area contributed by atoms with Gasteiger partial charge in [-0.1, -0.05) is 25.3 Å². The third kappa shape index (κ3) is 8.40. The second kappa shape index (κ2) is 13.0.